The molecule has 0 unspecified atom stereocenters. The van der Waals surface area contributed by atoms with E-state index < -0.39 is 0 Å². The van der Waals surface area contributed by atoms with Crippen molar-refractivity contribution in [2.75, 3.05) is 13.1 Å². The molecule has 1 aliphatic carbocycles. The van der Waals surface area contributed by atoms with Gasteiger partial charge < -0.3 is 15.2 Å². The Labute approximate surface area is 106 Å². The van der Waals surface area contributed by atoms with Crippen molar-refractivity contribution in [3.8, 4) is 0 Å². The Balaban J connectivity index is 0.00000144. The van der Waals surface area contributed by atoms with Gasteiger partial charge in [-0.3, -0.25) is 4.79 Å². The first kappa shape index (κ1) is 13.9. The molecule has 1 amide bonds. The number of carbonyl (C=O) groups is 1. The third-order valence-corrected chi connectivity index (χ3v) is 2.42. The van der Waals surface area contributed by atoms with Crippen molar-refractivity contribution < 1.29 is 9.32 Å². The summed E-state index contributed by atoms with van der Waals surface area (Å²) < 4.78 is 4.87. The lowest BCUT2D eigenvalue weighted by Gasteiger charge is -2.03. The van der Waals surface area contributed by atoms with Crippen molar-refractivity contribution in [3.63, 3.8) is 0 Å². The van der Waals surface area contributed by atoms with Crippen LogP contribution >= 0.6 is 12.4 Å². The molecule has 0 atom stereocenters. The van der Waals surface area contributed by atoms with Crippen LogP contribution in [0.1, 0.15) is 24.6 Å². The van der Waals surface area contributed by atoms with Crippen molar-refractivity contribution in [1.82, 2.24) is 20.8 Å². The average molecular weight is 261 g/mol. The highest BCUT2D eigenvalue weighted by Gasteiger charge is 2.20. The second-order valence-corrected chi connectivity index (χ2v) is 4.09. The summed E-state index contributed by atoms with van der Waals surface area (Å²) >= 11 is 0. The summed E-state index contributed by atoms with van der Waals surface area (Å²) in [4.78, 5) is 15.3. The molecule has 7 heteroatoms. The smallest absolute Gasteiger partial charge is 0.246 e. The summed E-state index contributed by atoms with van der Waals surface area (Å²) in [5.74, 6) is 1.76. The summed E-state index contributed by atoms with van der Waals surface area (Å²) in [6.07, 6.45) is 2.58. The Hall–Kier alpha value is -1.14. The van der Waals surface area contributed by atoms with Crippen LogP contribution in [0.4, 0.5) is 0 Å². The van der Waals surface area contributed by atoms with Crippen LogP contribution in [-0.4, -0.2) is 29.1 Å². The molecule has 2 N–H and O–H groups in total. The minimum absolute atomic E-state index is 0. The number of aryl methyl sites for hydroxylation is 1. The maximum atomic E-state index is 11.4. The third kappa shape index (κ3) is 5.14. The number of rotatable bonds is 6. The molecular weight excluding hydrogens is 244 g/mol. The van der Waals surface area contributed by atoms with Gasteiger partial charge in [-0.05, 0) is 32.2 Å². The lowest BCUT2D eigenvalue weighted by Crippen LogP contribution is -2.34. The predicted octanol–water partition coefficient (Wildman–Crippen LogP) is 0.416. The summed E-state index contributed by atoms with van der Waals surface area (Å²) in [6, 6.07) is 0. The van der Waals surface area contributed by atoms with Crippen molar-refractivity contribution in [3.05, 3.63) is 11.7 Å². The summed E-state index contributed by atoms with van der Waals surface area (Å²) in [5.41, 5.74) is 0. The van der Waals surface area contributed by atoms with E-state index in [0.717, 1.165) is 12.5 Å². The number of nitrogens with zero attached hydrogens (tertiary/aromatic N) is 2. The van der Waals surface area contributed by atoms with Gasteiger partial charge in [0, 0.05) is 0 Å². The van der Waals surface area contributed by atoms with Crippen LogP contribution in [0.2, 0.25) is 0 Å². The molecule has 1 aromatic rings. The Kier molecular flexibility index (Phi) is 5.37. The number of hydrogen-bond donors (Lipinski definition) is 2. The first-order chi connectivity index (χ1) is 7.74. The molecule has 1 fully saturated rings. The van der Waals surface area contributed by atoms with Crippen molar-refractivity contribution in [2.45, 2.75) is 26.3 Å². The Bertz CT molecular complexity index is 365. The quantitative estimate of drug-likeness (QED) is 0.775. The Morgan fingerprint density at radius 3 is 2.88 bits per heavy atom. The molecule has 1 aromatic heterocycles. The van der Waals surface area contributed by atoms with Crippen molar-refractivity contribution in [2.24, 2.45) is 5.92 Å². The molecule has 6 nitrogen and oxygen atoms in total. The third-order valence-electron chi connectivity index (χ3n) is 2.42. The molecule has 0 bridgehead atoms. The normalized spacial score (nSPS) is 14.2. The first-order valence-electron chi connectivity index (χ1n) is 5.50. The maximum Gasteiger partial charge on any atom is 0.246 e. The maximum absolute atomic E-state index is 11.4. The number of halogens is 1. The zero-order chi connectivity index (χ0) is 11.4. The van der Waals surface area contributed by atoms with E-state index in [9.17, 15) is 4.79 Å². The molecule has 2 rings (SSSR count). The second-order valence-electron chi connectivity index (χ2n) is 4.09. The fourth-order valence-corrected chi connectivity index (χ4v) is 1.36. The van der Waals surface area contributed by atoms with E-state index in [4.69, 9.17) is 4.52 Å². The van der Waals surface area contributed by atoms with Gasteiger partial charge in [-0.2, -0.15) is 4.98 Å². The van der Waals surface area contributed by atoms with Gasteiger partial charge in [-0.15, -0.1) is 12.4 Å². The van der Waals surface area contributed by atoms with Crippen molar-refractivity contribution in [1.29, 1.82) is 0 Å². The highest BCUT2D eigenvalue weighted by molar-refractivity contribution is 5.85. The van der Waals surface area contributed by atoms with Gasteiger partial charge in [-0.25, -0.2) is 0 Å². The Morgan fingerprint density at radius 1 is 1.53 bits per heavy atom. The standard InChI is InChI=1S/C10H16N4O2.ClH/c1-7-13-10(16-14-7)6-12-9(15)5-11-4-8-2-3-8;/h8,11H,2-6H2,1H3,(H,12,15);1H. The SMILES string of the molecule is Cc1noc(CNC(=O)CNCC2CC2)n1.Cl. The van der Waals surface area contributed by atoms with Crippen LogP contribution in [0.5, 0.6) is 0 Å². The molecule has 0 aliphatic heterocycles. The summed E-state index contributed by atoms with van der Waals surface area (Å²) in [6.45, 7) is 3.33. The predicted molar refractivity (Wildman–Crippen MR) is 63.7 cm³/mol. The van der Waals surface area contributed by atoms with Crippen LogP contribution in [0, 0.1) is 12.8 Å². The number of hydrogen-bond acceptors (Lipinski definition) is 5. The molecule has 0 spiro atoms. The minimum atomic E-state index is -0.0449. The van der Waals surface area contributed by atoms with Gasteiger partial charge in [0.2, 0.25) is 11.8 Å². The molecule has 0 radical (unpaired) electrons. The van der Waals surface area contributed by atoms with Gasteiger partial charge in [0.1, 0.15) is 0 Å². The van der Waals surface area contributed by atoms with E-state index >= 15 is 0 Å². The molecule has 0 aromatic carbocycles. The van der Waals surface area contributed by atoms with Crippen LogP contribution in [0.3, 0.4) is 0 Å². The van der Waals surface area contributed by atoms with Gasteiger partial charge >= 0.3 is 0 Å². The first-order valence-corrected chi connectivity index (χ1v) is 5.50. The molecule has 1 aliphatic rings. The van der Waals surface area contributed by atoms with Gasteiger partial charge in [-0.1, -0.05) is 5.16 Å². The number of nitrogens with one attached hydrogen (secondary N) is 2. The van der Waals surface area contributed by atoms with Crippen molar-refractivity contribution >= 4 is 18.3 Å². The highest BCUT2D eigenvalue weighted by atomic mass is 35.5. The highest BCUT2D eigenvalue weighted by Crippen LogP contribution is 2.27. The zero-order valence-electron chi connectivity index (χ0n) is 9.73. The molecule has 17 heavy (non-hydrogen) atoms. The summed E-state index contributed by atoms with van der Waals surface area (Å²) in [7, 11) is 0. The van der Waals surface area contributed by atoms with E-state index in [2.05, 4.69) is 20.8 Å². The molecule has 0 saturated heterocycles. The Morgan fingerprint density at radius 2 is 2.29 bits per heavy atom. The number of amides is 1. The minimum Gasteiger partial charge on any atom is -0.346 e. The van der Waals surface area contributed by atoms with Crippen LogP contribution in [0.25, 0.3) is 0 Å². The fraction of sp³-hybridized carbons (Fsp3) is 0.700. The molecule has 1 heterocycles. The fourth-order valence-electron chi connectivity index (χ4n) is 1.36. The number of aromatic nitrogens is 2. The van der Waals surface area contributed by atoms with Gasteiger partial charge in [0.25, 0.3) is 0 Å². The van der Waals surface area contributed by atoms with Crippen LogP contribution < -0.4 is 10.6 Å². The van der Waals surface area contributed by atoms with E-state index in [1.54, 1.807) is 6.92 Å². The molecular formula is C10H17ClN4O2. The second kappa shape index (κ2) is 6.56. The zero-order valence-corrected chi connectivity index (χ0v) is 10.5. The topological polar surface area (TPSA) is 80.0 Å². The lowest BCUT2D eigenvalue weighted by atomic mass is 10.4. The van der Waals surface area contributed by atoms with E-state index in [1.165, 1.54) is 12.8 Å². The van der Waals surface area contributed by atoms with Gasteiger partial charge in [0.05, 0.1) is 13.1 Å². The summed E-state index contributed by atoms with van der Waals surface area (Å²) in [5, 5.41) is 9.45. The lowest BCUT2D eigenvalue weighted by molar-refractivity contribution is -0.120. The van der Waals surface area contributed by atoms with E-state index in [1.807, 2.05) is 0 Å². The van der Waals surface area contributed by atoms with E-state index in [0.29, 0.717) is 24.8 Å². The van der Waals surface area contributed by atoms with E-state index in [-0.39, 0.29) is 18.3 Å². The van der Waals surface area contributed by atoms with Gasteiger partial charge in [0.15, 0.2) is 5.82 Å². The largest absolute Gasteiger partial charge is 0.346 e. The monoisotopic (exact) mass is 260 g/mol. The molecule has 1 saturated carbocycles. The van der Waals surface area contributed by atoms with Crippen LogP contribution in [-0.2, 0) is 11.3 Å². The number of carbonyl (C=O) groups excluding carboxylic acids is 1. The average Bonchev–Trinajstić information content (AvgIpc) is 2.98. The van der Waals surface area contributed by atoms with Crippen LogP contribution in [0.15, 0.2) is 4.52 Å². The molecule has 96 valence electrons.